The quantitative estimate of drug-likeness (QED) is 0.305. The van der Waals surface area contributed by atoms with Crippen LogP contribution >= 0.6 is 0 Å². The van der Waals surface area contributed by atoms with Crippen molar-refractivity contribution in [3.63, 3.8) is 0 Å². The molecule has 1 aliphatic heterocycles. The SMILES string of the molecule is O=CCc1cccc2c1OCC2c1ccn(-c2cc(Oc3c(F)cc4[nH]ccc4c3F)ccc2F)n1. The second-order valence-electron chi connectivity index (χ2n) is 8.41. The van der Waals surface area contributed by atoms with Crippen LogP contribution in [0.2, 0.25) is 0 Å². The number of fused-ring (bicyclic) bond motifs is 2. The number of nitrogens with zero attached hydrogens (tertiary/aromatic N) is 2. The number of halogens is 3. The fraction of sp³-hybridized carbons (Fsp3) is 0.111. The van der Waals surface area contributed by atoms with Gasteiger partial charge >= 0.3 is 0 Å². The normalized spacial score (nSPS) is 14.6. The molecule has 1 atom stereocenters. The molecule has 0 aliphatic carbocycles. The molecule has 0 fully saturated rings. The smallest absolute Gasteiger partial charge is 0.199 e. The van der Waals surface area contributed by atoms with Crippen LogP contribution < -0.4 is 9.47 Å². The largest absolute Gasteiger partial charge is 0.492 e. The van der Waals surface area contributed by atoms with Crippen LogP contribution in [0.3, 0.4) is 0 Å². The lowest BCUT2D eigenvalue weighted by Crippen LogP contribution is -2.06. The van der Waals surface area contributed by atoms with Crippen LogP contribution in [0.15, 0.2) is 67.0 Å². The highest BCUT2D eigenvalue weighted by molar-refractivity contribution is 5.82. The summed E-state index contributed by atoms with van der Waals surface area (Å²) in [5, 5.41) is 4.72. The molecule has 0 saturated heterocycles. The number of para-hydroxylation sites is 1. The summed E-state index contributed by atoms with van der Waals surface area (Å²) >= 11 is 0. The third-order valence-electron chi connectivity index (χ3n) is 6.25. The lowest BCUT2D eigenvalue weighted by Gasteiger charge is -2.11. The minimum Gasteiger partial charge on any atom is -0.492 e. The van der Waals surface area contributed by atoms with Gasteiger partial charge in [-0.05, 0) is 24.3 Å². The highest BCUT2D eigenvalue weighted by Crippen LogP contribution is 2.40. The molecule has 6 nitrogen and oxygen atoms in total. The molecule has 3 heterocycles. The highest BCUT2D eigenvalue weighted by atomic mass is 19.1. The third kappa shape index (κ3) is 3.60. The maximum atomic E-state index is 14.8. The van der Waals surface area contributed by atoms with E-state index < -0.39 is 23.2 Å². The Bertz CT molecular complexity index is 1630. The molecule has 6 rings (SSSR count). The second-order valence-corrected chi connectivity index (χ2v) is 8.41. The second kappa shape index (κ2) is 8.60. The van der Waals surface area contributed by atoms with E-state index in [1.807, 2.05) is 18.2 Å². The number of H-pyrrole nitrogens is 1. The van der Waals surface area contributed by atoms with Crippen molar-refractivity contribution in [2.75, 3.05) is 6.61 Å². The Kier molecular flexibility index (Phi) is 5.25. The van der Waals surface area contributed by atoms with Crippen molar-refractivity contribution in [1.82, 2.24) is 14.8 Å². The van der Waals surface area contributed by atoms with Crippen LogP contribution in [0, 0.1) is 17.5 Å². The average molecular weight is 489 g/mol. The number of aromatic amines is 1. The van der Waals surface area contributed by atoms with Crippen molar-refractivity contribution in [1.29, 1.82) is 0 Å². The van der Waals surface area contributed by atoms with Crippen LogP contribution in [0.5, 0.6) is 17.2 Å². The van der Waals surface area contributed by atoms with Crippen molar-refractivity contribution in [3.05, 3.63) is 101 Å². The number of aromatic nitrogens is 3. The molecule has 3 aromatic carbocycles. The molecule has 180 valence electrons. The van der Waals surface area contributed by atoms with Gasteiger partial charge in [0.1, 0.15) is 35.9 Å². The van der Waals surface area contributed by atoms with E-state index in [0.717, 1.165) is 29.5 Å². The van der Waals surface area contributed by atoms with Crippen LogP contribution in [0.25, 0.3) is 16.6 Å². The monoisotopic (exact) mass is 489 g/mol. The van der Waals surface area contributed by atoms with Gasteiger partial charge < -0.3 is 19.3 Å². The van der Waals surface area contributed by atoms with E-state index in [1.54, 1.807) is 12.3 Å². The Morgan fingerprint density at radius 3 is 2.86 bits per heavy atom. The van der Waals surface area contributed by atoms with E-state index in [0.29, 0.717) is 23.6 Å². The van der Waals surface area contributed by atoms with Gasteiger partial charge in [0.25, 0.3) is 0 Å². The van der Waals surface area contributed by atoms with E-state index in [4.69, 9.17) is 9.47 Å². The molecule has 0 spiro atoms. The maximum Gasteiger partial charge on any atom is 0.199 e. The third-order valence-corrected chi connectivity index (χ3v) is 6.25. The molecule has 2 aromatic heterocycles. The number of hydrogen-bond donors (Lipinski definition) is 1. The summed E-state index contributed by atoms with van der Waals surface area (Å²) < 4.78 is 56.8. The van der Waals surface area contributed by atoms with Gasteiger partial charge in [0.2, 0.25) is 0 Å². The summed E-state index contributed by atoms with van der Waals surface area (Å²) in [7, 11) is 0. The molecule has 0 radical (unpaired) electrons. The number of hydrogen-bond acceptors (Lipinski definition) is 4. The van der Waals surface area contributed by atoms with Crippen molar-refractivity contribution in [2.45, 2.75) is 12.3 Å². The summed E-state index contributed by atoms with van der Waals surface area (Å²) in [5.41, 5.74) is 2.71. The van der Waals surface area contributed by atoms with Crippen LogP contribution in [-0.4, -0.2) is 27.7 Å². The summed E-state index contributed by atoms with van der Waals surface area (Å²) in [6, 6.07) is 13.8. The summed E-state index contributed by atoms with van der Waals surface area (Å²) in [4.78, 5) is 13.7. The van der Waals surface area contributed by atoms with Crippen LogP contribution in [0.4, 0.5) is 13.2 Å². The minimum absolute atomic E-state index is 0.0455. The maximum absolute atomic E-state index is 14.8. The van der Waals surface area contributed by atoms with E-state index in [-0.39, 0.29) is 29.2 Å². The fourth-order valence-corrected chi connectivity index (χ4v) is 4.52. The number of benzene rings is 3. The van der Waals surface area contributed by atoms with Crippen molar-refractivity contribution >= 4 is 17.2 Å². The molecule has 5 aromatic rings. The predicted molar refractivity (Wildman–Crippen MR) is 125 cm³/mol. The van der Waals surface area contributed by atoms with Gasteiger partial charge in [-0.3, -0.25) is 0 Å². The Labute approximate surface area is 202 Å². The predicted octanol–water partition coefficient (Wildman–Crippen LogP) is 5.83. The van der Waals surface area contributed by atoms with E-state index >= 15 is 0 Å². The number of ether oxygens (including phenoxy) is 2. The van der Waals surface area contributed by atoms with E-state index in [9.17, 15) is 18.0 Å². The zero-order valence-electron chi connectivity index (χ0n) is 18.7. The number of carbonyl (C=O) groups excluding carboxylic acids is 1. The van der Waals surface area contributed by atoms with Gasteiger partial charge in [0.15, 0.2) is 17.4 Å². The Morgan fingerprint density at radius 1 is 1.11 bits per heavy atom. The van der Waals surface area contributed by atoms with Gasteiger partial charge in [-0.1, -0.05) is 18.2 Å². The highest BCUT2D eigenvalue weighted by Gasteiger charge is 2.29. The van der Waals surface area contributed by atoms with Gasteiger partial charge in [-0.15, -0.1) is 0 Å². The number of carbonyl (C=O) groups is 1. The molecule has 0 bridgehead atoms. The first-order valence-corrected chi connectivity index (χ1v) is 11.2. The lowest BCUT2D eigenvalue weighted by atomic mass is 9.96. The summed E-state index contributed by atoms with van der Waals surface area (Å²) in [6.07, 6.45) is 4.17. The lowest BCUT2D eigenvalue weighted by molar-refractivity contribution is -0.107. The zero-order chi connectivity index (χ0) is 24.8. The first kappa shape index (κ1) is 22.0. The van der Waals surface area contributed by atoms with E-state index in [1.165, 1.54) is 29.1 Å². The number of nitrogens with one attached hydrogen (secondary N) is 1. The number of rotatable bonds is 6. The molecule has 1 aliphatic rings. The Balaban J connectivity index is 1.32. The van der Waals surface area contributed by atoms with Gasteiger partial charge in [-0.2, -0.15) is 5.10 Å². The number of aldehydes is 1. The van der Waals surface area contributed by atoms with Crippen LogP contribution in [-0.2, 0) is 11.2 Å². The Morgan fingerprint density at radius 2 is 2.00 bits per heavy atom. The molecular weight excluding hydrogens is 471 g/mol. The van der Waals surface area contributed by atoms with Crippen molar-refractivity contribution < 1.29 is 27.4 Å². The average Bonchev–Trinajstić information content (AvgIpc) is 3.62. The van der Waals surface area contributed by atoms with E-state index in [2.05, 4.69) is 10.1 Å². The standard InChI is InChI=1S/C27H18F3N3O3/c28-20-5-4-16(36-27-21(29)13-23-18(25(27)30)6-9-31-23)12-24(20)33-10-7-22(32-33)19-14-35-26-15(8-11-34)2-1-3-17(19)26/h1-7,9-13,19,31H,8,14H2. The molecule has 1 unspecified atom stereocenters. The molecular formula is C27H18F3N3O3. The van der Waals surface area contributed by atoms with Crippen molar-refractivity contribution in [3.8, 4) is 22.9 Å². The van der Waals surface area contributed by atoms with Crippen LogP contribution in [0.1, 0.15) is 22.7 Å². The fourth-order valence-electron chi connectivity index (χ4n) is 4.52. The van der Waals surface area contributed by atoms with Crippen molar-refractivity contribution in [2.24, 2.45) is 0 Å². The molecule has 0 amide bonds. The van der Waals surface area contributed by atoms with Gasteiger partial charge in [0, 0.05) is 47.5 Å². The molecule has 1 N–H and O–H groups in total. The Hall–Kier alpha value is -4.53. The molecule has 9 heteroatoms. The van der Waals surface area contributed by atoms with Gasteiger partial charge in [-0.25, -0.2) is 17.9 Å². The summed E-state index contributed by atoms with van der Waals surface area (Å²) in [5.74, 6) is -2.37. The summed E-state index contributed by atoms with van der Waals surface area (Å²) in [6.45, 7) is 0.341. The molecule has 36 heavy (non-hydrogen) atoms. The first-order valence-electron chi connectivity index (χ1n) is 11.2. The minimum atomic E-state index is -0.886. The topological polar surface area (TPSA) is 69.1 Å². The molecule has 0 saturated carbocycles. The van der Waals surface area contributed by atoms with Gasteiger partial charge in [0.05, 0.1) is 17.1 Å². The first-order chi connectivity index (χ1) is 17.5. The zero-order valence-corrected chi connectivity index (χ0v) is 18.7.